The summed E-state index contributed by atoms with van der Waals surface area (Å²) in [4.78, 5) is 23.9. The maximum Gasteiger partial charge on any atom is 0.328 e. The standard InChI is InChI=1S/C14H15FN4O2/c15-11-4-1-9(16)7-12(11)17-13(20)8-18-5-6-19(14(18)21)10-2-3-10/h1,4-7,10H,2-3,8,16H2,(H,17,20). The molecule has 0 saturated heterocycles. The van der Waals surface area contributed by atoms with Gasteiger partial charge in [-0.3, -0.25) is 13.9 Å². The summed E-state index contributed by atoms with van der Waals surface area (Å²) >= 11 is 0. The lowest BCUT2D eigenvalue weighted by Gasteiger charge is -2.07. The van der Waals surface area contributed by atoms with Gasteiger partial charge in [-0.15, -0.1) is 0 Å². The van der Waals surface area contributed by atoms with E-state index in [9.17, 15) is 14.0 Å². The van der Waals surface area contributed by atoms with Gasteiger partial charge in [0.2, 0.25) is 5.91 Å². The number of halogens is 1. The molecule has 0 radical (unpaired) electrons. The van der Waals surface area contributed by atoms with E-state index in [1.54, 1.807) is 17.0 Å². The molecule has 1 aliphatic rings. The van der Waals surface area contributed by atoms with Gasteiger partial charge in [-0.25, -0.2) is 9.18 Å². The first kappa shape index (κ1) is 13.4. The Balaban J connectivity index is 1.72. The van der Waals surface area contributed by atoms with Crippen molar-refractivity contribution in [1.29, 1.82) is 0 Å². The minimum absolute atomic E-state index is 0.00896. The molecule has 6 nitrogen and oxygen atoms in total. The van der Waals surface area contributed by atoms with Crippen molar-refractivity contribution >= 4 is 17.3 Å². The lowest BCUT2D eigenvalue weighted by atomic mass is 10.2. The van der Waals surface area contributed by atoms with Crippen LogP contribution in [-0.2, 0) is 11.3 Å². The number of nitrogens with one attached hydrogen (secondary N) is 1. The smallest absolute Gasteiger partial charge is 0.328 e. The van der Waals surface area contributed by atoms with Gasteiger partial charge >= 0.3 is 5.69 Å². The fourth-order valence-corrected chi connectivity index (χ4v) is 2.16. The molecule has 0 atom stereocenters. The number of carbonyl (C=O) groups excluding carboxylic acids is 1. The second kappa shape index (κ2) is 5.08. The molecule has 0 aliphatic heterocycles. The van der Waals surface area contributed by atoms with E-state index in [1.807, 2.05) is 0 Å². The first-order valence-corrected chi connectivity index (χ1v) is 6.67. The van der Waals surface area contributed by atoms with Crippen LogP contribution in [0.2, 0.25) is 0 Å². The average Bonchev–Trinajstić information content (AvgIpc) is 3.21. The van der Waals surface area contributed by atoms with Gasteiger partial charge in [-0.1, -0.05) is 0 Å². The largest absolute Gasteiger partial charge is 0.399 e. The molecule has 3 rings (SSSR count). The number of carbonyl (C=O) groups is 1. The van der Waals surface area contributed by atoms with Crippen LogP contribution in [-0.4, -0.2) is 15.0 Å². The molecule has 7 heteroatoms. The molecule has 1 heterocycles. The van der Waals surface area contributed by atoms with Crippen LogP contribution in [0.4, 0.5) is 15.8 Å². The molecule has 0 unspecified atom stereocenters. The van der Waals surface area contributed by atoms with Crippen molar-refractivity contribution in [2.75, 3.05) is 11.1 Å². The second-order valence-electron chi connectivity index (χ2n) is 5.13. The van der Waals surface area contributed by atoms with E-state index in [-0.39, 0.29) is 24.0 Å². The SMILES string of the molecule is Nc1ccc(F)c(NC(=O)Cn2ccn(C3CC3)c2=O)c1. The third-order valence-electron chi connectivity index (χ3n) is 3.39. The number of hydrogen-bond donors (Lipinski definition) is 2. The number of nitrogen functional groups attached to an aromatic ring is 1. The van der Waals surface area contributed by atoms with Crippen LogP contribution in [0, 0.1) is 5.82 Å². The Morgan fingerprint density at radius 3 is 2.86 bits per heavy atom. The monoisotopic (exact) mass is 290 g/mol. The van der Waals surface area contributed by atoms with Gasteiger partial charge in [-0.2, -0.15) is 0 Å². The molecule has 110 valence electrons. The molecular formula is C14H15FN4O2. The highest BCUT2D eigenvalue weighted by Crippen LogP contribution is 2.33. The minimum atomic E-state index is -0.569. The number of nitrogens with two attached hydrogens (primary N) is 1. The van der Waals surface area contributed by atoms with Crippen LogP contribution in [0.15, 0.2) is 35.4 Å². The Labute approximate surface area is 120 Å². The van der Waals surface area contributed by atoms with E-state index in [4.69, 9.17) is 5.73 Å². The predicted molar refractivity (Wildman–Crippen MR) is 76.4 cm³/mol. The Hall–Kier alpha value is -2.57. The van der Waals surface area contributed by atoms with E-state index in [0.29, 0.717) is 5.69 Å². The first-order chi connectivity index (χ1) is 10.0. The van der Waals surface area contributed by atoms with E-state index in [2.05, 4.69) is 5.32 Å². The number of hydrogen-bond acceptors (Lipinski definition) is 3. The first-order valence-electron chi connectivity index (χ1n) is 6.67. The minimum Gasteiger partial charge on any atom is -0.399 e. The van der Waals surface area contributed by atoms with Crippen molar-refractivity contribution in [2.45, 2.75) is 25.4 Å². The highest BCUT2D eigenvalue weighted by Gasteiger charge is 2.25. The number of imidazole rings is 1. The fourth-order valence-electron chi connectivity index (χ4n) is 2.16. The highest BCUT2D eigenvalue weighted by atomic mass is 19.1. The zero-order valence-electron chi connectivity index (χ0n) is 11.3. The summed E-state index contributed by atoms with van der Waals surface area (Å²) in [6.07, 6.45) is 5.22. The molecule has 1 aromatic carbocycles. The topological polar surface area (TPSA) is 82.0 Å². The average molecular weight is 290 g/mol. The van der Waals surface area contributed by atoms with Crippen LogP contribution in [0.3, 0.4) is 0 Å². The summed E-state index contributed by atoms with van der Waals surface area (Å²) in [6, 6.07) is 4.19. The number of aromatic nitrogens is 2. The summed E-state index contributed by atoms with van der Waals surface area (Å²) < 4.78 is 16.4. The Morgan fingerprint density at radius 2 is 2.14 bits per heavy atom. The Kier molecular flexibility index (Phi) is 3.25. The third-order valence-corrected chi connectivity index (χ3v) is 3.39. The number of benzene rings is 1. The van der Waals surface area contributed by atoms with Crippen molar-refractivity contribution < 1.29 is 9.18 Å². The summed E-state index contributed by atoms with van der Waals surface area (Å²) in [6.45, 7) is -0.160. The fraction of sp³-hybridized carbons (Fsp3) is 0.286. The number of nitrogens with zero attached hydrogens (tertiary/aromatic N) is 2. The van der Waals surface area contributed by atoms with Crippen LogP contribution in [0.5, 0.6) is 0 Å². The second-order valence-corrected chi connectivity index (χ2v) is 5.13. The molecule has 2 aromatic rings. The van der Waals surface area contributed by atoms with Gasteiger partial charge in [0.15, 0.2) is 0 Å². The lowest BCUT2D eigenvalue weighted by molar-refractivity contribution is -0.116. The molecule has 0 spiro atoms. The normalized spacial score (nSPS) is 14.1. The summed E-state index contributed by atoms with van der Waals surface area (Å²) in [5.74, 6) is -1.05. The van der Waals surface area contributed by atoms with Crippen LogP contribution >= 0.6 is 0 Å². The van der Waals surface area contributed by atoms with Crippen molar-refractivity contribution in [3.05, 3.63) is 46.9 Å². The van der Waals surface area contributed by atoms with Gasteiger partial charge in [0.1, 0.15) is 12.4 Å². The van der Waals surface area contributed by atoms with Gasteiger partial charge < -0.3 is 11.1 Å². The quantitative estimate of drug-likeness (QED) is 0.834. The maximum atomic E-state index is 13.5. The number of rotatable bonds is 4. The maximum absolute atomic E-state index is 13.5. The lowest BCUT2D eigenvalue weighted by Crippen LogP contribution is -2.29. The molecular weight excluding hydrogens is 275 g/mol. The summed E-state index contributed by atoms with van der Waals surface area (Å²) in [5, 5.41) is 2.42. The molecule has 21 heavy (non-hydrogen) atoms. The van der Waals surface area contributed by atoms with Crippen LogP contribution in [0.25, 0.3) is 0 Å². The van der Waals surface area contributed by atoms with Crippen LogP contribution < -0.4 is 16.7 Å². The molecule has 1 saturated carbocycles. The summed E-state index contributed by atoms with van der Waals surface area (Å²) in [5.41, 5.74) is 5.69. The van der Waals surface area contributed by atoms with Crippen molar-refractivity contribution in [2.24, 2.45) is 0 Å². The zero-order chi connectivity index (χ0) is 15.0. The molecule has 3 N–H and O–H groups in total. The zero-order valence-corrected chi connectivity index (χ0v) is 11.3. The van der Waals surface area contributed by atoms with Gasteiger partial charge in [0.25, 0.3) is 0 Å². The molecule has 1 aliphatic carbocycles. The Morgan fingerprint density at radius 1 is 1.38 bits per heavy atom. The van der Waals surface area contributed by atoms with Crippen molar-refractivity contribution in [3.63, 3.8) is 0 Å². The highest BCUT2D eigenvalue weighted by molar-refractivity contribution is 5.91. The molecule has 1 amide bonds. The third kappa shape index (κ3) is 2.81. The molecule has 1 fully saturated rings. The van der Waals surface area contributed by atoms with Crippen LogP contribution in [0.1, 0.15) is 18.9 Å². The van der Waals surface area contributed by atoms with E-state index < -0.39 is 11.7 Å². The number of amides is 1. The van der Waals surface area contributed by atoms with E-state index in [0.717, 1.165) is 12.8 Å². The molecule has 1 aromatic heterocycles. The van der Waals surface area contributed by atoms with Gasteiger partial charge in [0, 0.05) is 24.1 Å². The summed E-state index contributed by atoms with van der Waals surface area (Å²) in [7, 11) is 0. The van der Waals surface area contributed by atoms with E-state index >= 15 is 0 Å². The number of anilines is 2. The molecule has 0 bridgehead atoms. The Bertz CT molecular complexity index is 746. The van der Waals surface area contributed by atoms with Gasteiger partial charge in [0.05, 0.1) is 5.69 Å². The predicted octanol–water partition coefficient (Wildman–Crippen LogP) is 1.34. The van der Waals surface area contributed by atoms with Gasteiger partial charge in [-0.05, 0) is 31.0 Å². The van der Waals surface area contributed by atoms with Crippen molar-refractivity contribution in [3.8, 4) is 0 Å². The van der Waals surface area contributed by atoms with Crippen molar-refractivity contribution in [1.82, 2.24) is 9.13 Å². The van der Waals surface area contributed by atoms with E-state index in [1.165, 1.54) is 22.8 Å².